The van der Waals surface area contributed by atoms with E-state index in [4.69, 9.17) is 4.74 Å². The first kappa shape index (κ1) is 23.4. The molecule has 4 atom stereocenters. The Labute approximate surface area is 160 Å². The molecule has 12 heteroatoms. The lowest BCUT2D eigenvalue weighted by Gasteiger charge is -2.32. The van der Waals surface area contributed by atoms with Gasteiger partial charge >= 0.3 is 36.1 Å². The molecule has 0 saturated heterocycles. The van der Waals surface area contributed by atoms with Gasteiger partial charge in [0.1, 0.15) is 6.10 Å². The number of rotatable bonds is 8. The van der Waals surface area contributed by atoms with E-state index in [2.05, 4.69) is 11.3 Å². The second-order valence-corrected chi connectivity index (χ2v) is 7.38. The largest absolute Gasteiger partial charge is 0.459 e. The maximum Gasteiger partial charge on any atom is 0.381 e. The fourth-order valence-corrected chi connectivity index (χ4v) is 3.67. The van der Waals surface area contributed by atoms with E-state index < -0.39 is 60.7 Å². The van der Waals surface area contributed by atoms with Crippen LogP contribution < -0.4 is 0 Å². The number of esters is 2. The Kier molecular flexibility index (Phi) is 6.25. The monoisotopic (exact) mass is 438 g/mol. The van der Waals surface area contributed by atoms with Gasteiger partial charge < -0.3 is 9.47 Å². The highest BCUT2D eigenvalue weighted by Gasteiger charge is 2.75. The summed E-state index contributed by atoms with van der Waals surface area (Å²) in [6.45, 7) is 2.28. The van der Waals surface area contributed by atoms with Crippen LogP contribution in [0.3, 0.4) is 0 Å². The topological polar surface area (TPSA) is 52.6 Å². The van der Waals surface area contributed by atoms with Gasteiger partial charge in [-0.2, -0.15) is 26.3 Å². The fraction of sp³-hybridized carbons (Fsp3) is 0.765. The van der Waals surface area contributed by atoms with Crippen molar-refractivity contribution in [2.24, 2.45) is 17.8 Å². The third-order valence-electron chi connectivity index (χ3n) is 5.21. The zero-order chi connectivity index (χ0) is 22.4. The van der Waals surface area contributed by atoms with E-state index >= 15 is 0 Å². The first-order valence-corrected chi connectivity index (χ1v) is 8.56. The summed E-state index contributed by atoms with van der Waals surface area (Å²) in [4.78, 5) is 23.7. The van der Waals surface area contributed by atoms with Crippen molar-refractivity contribution in [3.05, 3.63) is 12.2 Å². The highest BCUT2D eigenvalue weighted by atomic mass is 19.4. The smallest absolute Gasteiger partial charge is 0.381 e. The molecule has 0 amide bonds. The van der Waals surface area contributed by atoms with E-state index in [1.54, 1.807) is 0 Å². The molecule has 4 nitrogen and oxygen atoms in total. The van der Waals surface area contributed by atoms with Crippen molar-refractivity contribution in [3.63, 3.8) is 0 Å². The Morgan fingerprint density at radius 2 is 1.66 bits per heavy atom. The van der Waals surface area contributed by atoms with E-state index in [-0.39, 0.29) is 17.9 Å². The predicted octanol–water partition coefficient (Wildman–Crippen LogP) is 4.23. The number of halogens is 8. The molecule has 166 valence electrons. The van der Waals surface area contributed by atoms with Crippen LogP contribution in [-0.4, -0.2) is 48.8 Å². The molecule has 2 aliphatic rings. The number of alkyl halides is 8. The molecular weight excluding hydrogens is 420 g/mol. The van der Waals surface area contributed by atoms with Gasteiger partial charge in [-0.15, -0.1) is 0 Å². The Hall–Kier alpha value is -1.88. The Morgan fingerprint density at radius 3 is 2.14 bits per heavy atom. The van der Waals surface area contributed by atoms with Gasteiger partial charge in [0.05, 0.1) is 5.92 Å². The van der Waals surface area contributed by atoms with Crippen molar-refractivity contribution >= 4 is 11.9 Å². The highest BCUT2D eigenvalue weighted by molar-refractivity contribution is 5.87. The van der Waals surface area contributed by atoms with Crippen LogP contribution in [0.2, 0.25) is 0 Å². The molecule has 0 heterocycles. The van der Waals surface area contributed by atoms with E-state index in [9.17, 15) is 44.7 Å². The first-order chi connectivity index (χ1) is 13.1. The number of carbonyl (C=O) groups is 2. The highest BCUT2D eigenvalue weighted by Crippen LogP contribution is 2.51. The SMILES string of the molecule is C=C(C)C(=O)OC1CC2CC(C(=O)OCC(F)(F)C(F)(F)C(F)(F)C(F)F)C1C2. The average molecular weight is 438 g/mol. The molecule has 0 radical (unpaired) electrons. The van der Waals surface area contributed by atoms with Gasteiger partial charge in [-0.25, -0.2) is 13.6 Å². The van der Waals surface area contributed by atoms with Crippen LogP contribution in [0.15, 0.2) is 12.2 Å². The van der Waals surface area contributed by atoms with Crippen molar-refractivity contribution in [1.82, 2.24) is 0 Å². The zero-order valence-electron chi connectivity index (χ0n) is 15.1. The molecule has 0 spiro atoms. The Morgan fingerprint density at radius 1 is 1.07 bits per heavy atom. The molecule has 0 aromatic carbocycles. The molecule has 0 aromatic heterocycles. The molecule has 2 aliphatic carbocycles. The molecule has 0 aromatic rings. The van der Waals surface area contributed by atoms with Crippen molar-refractivity contribution in [2.45, 2.75) is 56.5 Å². The molecule has 2 saturated carbocycles. The van der Waals surface area contributed by atoms with Crippen molar-refractivity contribution < 1.29 is 54.2 Å². The molecular formula is C17H18F8O4. The second-order valence-electron chi connectivity index (χ2n) is 7.38. The third kappa shape index (κ3) is 4.20. The van der Waals surface area contributed by atoms with Gasteiger partial charge in [-0.3, -0.25) is 4.79 Å². The molecule has 29 heavy (non-hydrogen) atoms. The average Bonchev–Trinajstić information content (AvgIpc) is 3.19. The van der Waals surface area contributed by atoms with E-state index in [0.29, 0.717) is 12.8 Å². The summed E-state index contributed by atoms with van der Waals surface area (Å²) >= 11 is 0. The van der Waals surface area contributed by atoms with Crippen LogP contribution >= 0.6 is 0 Å². The Bertz CT molecular complexity index is 678. The van der Waals surface area contributed by atoms with Crippen LogP contribution in [0, 0.1) is 17.8 Å². The van der Waals surface area contributed by atoms with E-state index in [0.717, 1.165) is 0 Å². The summed E-state index contributed by atoms with van der Waals surface area (Å²) in [6, 6.07) is 0. The lowest BCUT2D eigenvalue weighted by atomic mass is 9.86. The first-order valence-electron chi connectivity index (χ1n) is 8.56. The summed E-state index contributed by atoms with van der Waals surface area (Å²) in [6.07, 6.45) is -4.83. The zero-order valence-corrected chi connectivity index (χ0v) is 15.1. The van der Waals surface area contributed by atoms with Crippen LogP contribution in [0.5, 0.6) is 0 Å². The van der Waals surface area contributed by atoms with E-state index in [1.165, 1.54) is 6.92 Å². The van der Waals surface area contributed by atoms with Crippen LogP contribution in [0.25, 0.3) is 0 Å². The third-order valence-corrected chi connectivity index (χ3v) is 5.21. The predicted molar refractivity (Wildman–Crippen MR) is 80.8 cm³/mol. The second kappa shape index (κ2) is 7.75. The standard InChI is InChI=1S/C17H18F8O4/c1-7(2)12(26)29-11-5-8-3-9(11)10(4-8)13(27)28-6-15(20,21)17(24,25)16(22,23)14(18)19/h8-11,14H,1,3-6H2,2H3. The maximum atomic E-state index is 13.5. The lowest BCUT2D eigenvalue weighted by Crippen LogP contribution is -2.59. The molecule has 2 rings (SSSR count). The summed E-state index contributed by atoms with van der Waals surface area (Å²) in [7, 11) is 0. The summed E-state index contributed by atoms with van der Waals surface area (Å²) in [5.74, 6) is -22.4. The fourth-order valence-electron chi connectivity index (χ4n) is 3.67. The van der Waals surface area contributed by atoms with Crippen LogP contribution in [0.1, 0.15) is 26.2 Å². The quantitative estimate of drug-likeness (QED) is 0.323. The number of hydrogen-bond donors (Lipinski definition) is 0. The number of fused-ring (bicyclic) bond motifs is 2. The Balaban J connectivity index is 2.02. The van der Waals surface area contributed by atoms with Gasteiger partial charge in [0, 0.05) is 11.5 Å². The molecule has 2 fully saturated rings. The van der Waals surface area contributed by atoms with Crippen molar-refractivity contribution in [2.75, 3.05) is 6.61 Å². The van der Waals surface area contributed by atoms with Crippen LogP contribution in [0.4, 0.5) is 35.1 Å². The van der Waals surface area contributed by atoms with Gasteiger partial charge in [0.2, 0.25) is 0 Å². The van der Waals surface area contributed by atoms with Gasteiger partial charge in [0.15, 0.2) is 6.61 Å². The number of hydrogen-bond acceptors (Lipinski definition) is 4. The minimum absolute atomic E-state index is 0.0914. The van der Waals surface area contributed by atoms with E-state index in [1.807, 2.05) is 0 Å². The minimum atomic E-state index is -6.44. The van der Waals surface area contributed by atoms with Gasteiger partial charge in [-0.1, -0.05) is 6.58 Å². The summed E-state index contributed by atoms with van der Waals surface area (Å²) in [5, 5.41) is 0. The van der Waals surface area contributed by atoms with Gasteiger partial charge in [-0.05, 0) is 32.1 Å². The van der Waals surface area contributed by atoms with Crippen molar-refractivity contribution in [1.29, 1.82) is 0 Å². The summed E-state index contributed by atoms with van der Waals surface area (Å²) in [5.41, 5.74) is 0.0914. The van der Waals surface area contributed by atoms with Gasteiger partial charge in [0.25, 0.3) is 0 Å². The molecule has 4 unspecified atom stereocenters. The molecule has 2 bridgehead atoms. The number of ether oxygens (including phenoxy) is 2. The minimum Gasteiger partial charge on any atom is -0.459 e. The summed E-state index contributed by atoms with van der Waals surface area (Å²) < 4.78 is 113. The lowest BCUT2D eigenvalue weighted by molar-refractivity contribution is -0.344. The maximum absolute atomic E-state index is 13.5. The molecule has 0 N–H and O–H groups in total. The number of carbonyl (C=O) groups excluding carboxylic acids is 2. The molecule has 0 aliphatic heterocycles. The van der Waals surface area contributed by atoms with Crippen LogP contribution in [-0.2, 0) is 19.1 Å². The normalized spacial score (nSPS) is 27.2. The van der Waals surface area contributed by atoms with Crippen molar-refractivity contribution in [3.8, 4) is 0 Å².